The van der Waals surface area contributed by atoms with Crippen LogP contribution in [0.3, 0.4) is 0 Å². The van der Waals surface area contributed by atoms with Gasteiger partial charge in [0.05, 0.1) is 6.04 Å². The Balaban J connectivity index is 1.50. The van der Waals surface area contributed by atoms with E-state index >= 15 is 0 Å². The number of rotatable bonds is 5. The third kappa shape index (κ3) is 3.32. The average molecular weight is 433 g/mol. The van der Waals surface area contributed by atoms with E-state index in [1.807, 2.05) is 57.7 Å². The molecule has 0 fully saturated rings. The monoisotopic (exact) mass is 432 g/mol. The van der Waals surface area contributed by atoms with Crippen molar-refractivity contribution < 1.29 is 9.90 Å². The molecule has 1 aromatic carbocycles. The molecule has 4 N–H and O–H groups in total. The quantitative estimate of drug-likeness (QED) is 0.497. The third-order valence-corrected chi connectivity index (χ3v) is 6.26. The number of aliphatic hydroxyl groups is 1. The first-order valence-electron chi connectivity index (χ1n) is 10.7. The Morgan fingerprint density at radius 3 is 2.91 bits per heavy atom. The van der Waals surface area contributed by atoms with Gasteiger partial charge in [-0.3, -0.25) is 4.79 Å². The zero-order chi connectivity index (χ0) is 22.6. The molecule has 2 aromatic heterocycles. The van der Waals surface area contributed by atoms with Gasteiger partial charge in [0.25, 0.3) is 5.91 Å². The molecule has 0 aliphatic carbocycles. The molecule has 5 rings (SSSR count). The number of hydrogen-bond donors (Lipinski definition) is 4. The number of aliphatic hydroxyl groups excluding tert-OH is 1. The standard InChI is InChI=1S/C24H28N6O2/c1-24(2,13-31)12-29(3)23(32)14-5-6-19-16(7-14)18(11-25-19)20-8-17-21-15(10-27-30(21)4)9-26-22(17)28-20/h5-11,21,25,27-28,31H,12-13H2,1-4H3. The Kier molecular flexibility index (Phi) is 4.72. The lowest BCUT2D eigenvalue weighted by molar-refractivity contribution is 0.0663. The maximum atomic E-state index is 13.1. The number of fused-ring (bicyclic) bond motifs is 4. The molecule has 2 aliphatic rings. The third-order valence-electron chi connectivity index (χ3n) is 6.26. The van der Waals surface area contributed by atoms with Crippen LogP contribution in [0.25, 0.3) is 22.2 Å². The van der Waals surface area contributed by atoms with E-state index in [0.717, 1.165) is 39.1 Å². The Bertz CT molecular complexity index is 1260. The normalized spacial score (nSPS) is 17.8. The van der Waals surface area contributed by atoms with Crippen LogP contribution in [-0.4, -0.2) is 64.4 Å². The van der Waals surface area contributed by atoms with Gasteiger partial charge in [-0.1, -0.05) is 13.8 Å². The summed E-state index contributed by atoms with van der Waals surface area (Å²) >= 11 is 0. The molecule has 3 aromatic rings. The summed E-state index contributed by atoms with van der Waals surface area (Å²) in [6.45, 7) is 4.38. The van der Waals surface area contributed by atoms with Gasteiger partial charge in [-0.2, -0.15) is 0 Å². The number of carbonyl (C=O) groups is 1. The number of hydrazine groups is 1. The highest BCUT2D eigenvalue weighted by molar-refractivity contribution is 6.02. The van der Waals surface area contributed by atoms with Crippen molar-refractivity contribution >= 4 is 28.8 Å². The Hall–Kier alpha value is -3.36. The number of aromatic nitrogens is 2. The summed E-state index contributed by atoms with van der Waals surface area (Å²) in [4.78, 5) is 26.1. The Labute approximate surface area is 186 Å². The van der Waals surface area contributed by atoms with Gasteiger partial charge in [0.15, 0.2) is 0 Å². The van der Waals surface area contributed by atoms with Crippen molar-refractivity contribution in [3.63, 3.8) is 0 Å². The van der Waals surface area contributed by atoms with Gasteiger partial charge in [0, 0.05) is 90.1 Å². The van der Waals surface area contributed by atoms with Crippen molar-refractivity contribution in [1.82, 2.24) is 25.3 Å². The molecule has 32 heavy (non-hydrogen) atoms. The lowest BCUT2D eigenvalue weighted by Crippen LogP contribution is -2.37. The summed E-state index contributed by atoms with van der Waals surface area (Å²) in [7, 11) is 3.79. The summed E-state index contributed by atoms with van der Waals surface area (Å²) in [5, 5.41) is 12.6. The van der Waals surface area contributed by atoms with E-state index in [0.29, 0.717) is 12.1 Å². The minimum absolute atomic E-state index is 0.0220. The number of amides is 1. The summed E-state index contributed by atoms with van der Waals surface area (Å²) in [6, 6.07) is 7.98. The van der Waals surface area contributed by atoms with Gasteiger partial charge in [-0.15, -0.1) is 0 Å². The topological polar surface area (TPSA) is 99.8 Å². The number of nitrogens with zero attached hydrogens (tertiary/aromatic N) is 3. The number of aliphatic imine (C=N–C) groups is 1. The first-order chi connectivity index (χ1) is 15.3. The van der Waals surface area contributed by atoms with Crippen molar-refractivity contribution in [3.8, 4) is 11.3 Å². The van der Waals surface area contributed by atoms with Crippen molar-refractivity contribution in [2.75, 3.05) is 27.2 Å². The summed E-state index contributed by atoms with van der Waals surface area (Å²) < 4.78 is 0. The van der Waals surface area contributed by atoms with E-state index in [9.17, 15) is 9.90 Å². The van der Waals surface area contributed by atoms with Crippen molar-refractivity contribution in [2.24, 2.45) is 10.4 Å². The van der Waals surface area contributed by atoms with E-state index < -0.39 is 0 Å². The first kappa shape index (κ1) is 20.5. The number of hydrogen-bond acceptors (Lipinski definition) is 5. The molecule has 8 nitrogen and oxygen atoms in total. The van der Waals surface area contributed by atoms with Gasteiger partial charge in [0.2, 0.25) is 0 Å². The molecular formula is C24H28N6O2. The van der Waals surface area contributed by atoms with Crippen LogP contribution in [0.1, 0.15) is 35.8 Å². The highest BCUT2D eigenvalue weighted by Crippen LogP contribution is 2.42. The zero-order valence-corrected chi connectivity index (χ0v) is 18.7. The Morgan fingerprint density at radius 1 is 1.31 bits per heavy atom. The second-order valence-electron chi connectivity index (χ2n) is 9.48. The van der Waals surface area contributed by atoms with E-state index in [1.54, 1.807) is 11.9 Å². The lowest BCUT2D eigenvalue weighted by Gasteiger charge is -2.28. The van der Waals surface area contributed by atoms with Crippen LogP contribution in [0.5, 0.6) is 0 Å². The van der Waals surface area contributed by atoms with Crippen LogP contribution in [0.15, 0.2) is 47.2 Å². The van der Waals surface area contributed by atoms with E-state index in [1.165, 1.54) is 0 Å². The summed E-state index contributed by atoms with van der Waals surface area (Å²) in [6.07, 6.45) is 5.83. The molecule has 166 valence electrons. The smallest absolute Gasteiger partial charge is 0.253 e. The molecule has 2 aliphatic heterocycles. The first-order valence-corrected chi connectivity index (χ1v) is 10.7. The van der Waals surface area contributed by atoms with Crippen LogP contribution in [0, 0.1) is 5.41 Å². The van der Waals surface area contributed by atoms with Crippen molar-refractivity contribution in [1.29, 1.82) is 0 Å². The zero-order valence-electron chi connectivity index (χ0n) is 18.7. The summed E-state index contributed by atoms with van der Waals surface area (Å²) in [5.41, 5.74) is 8.66. The number of likely N-dealkylation sites (N-methyl/N-ethyl adjacent to an activating group) is 1. The van der Waals surface area contributed by atoms with E-state index in [2.05, 4.69) is 31.5 Å². The maximum absolute atomic E-state index is 13.1. The molecule has 1 amide bonds. The predicted octanol–water partition coefficient (Wildman–Crippen LogP) is 3.34. The number of nitrogens with one attached hydrogen (secondary N) is 3. The fourth-order valence-corrected chi connectivity index (χ4v) is 4.57. The molecule has 0 saturated heterocycles. The fraction of sp³-hybridized carbons (Fsp3) is 0.333. The average Bonchev–Trinajstić information content (AvgIpc) is 3.48. The Morgan fingerprint density at radius 2 is 2.12 bits per heavy atom. The molecule has 1 atom stereocenters. The number of H-pyrrole nitrogens is 2. The van der Waals surface area contributed by atoms with Crippen LogP contribution in [-0.2, 0) is 0 Å². The molecule has 0 saturated carbocycles. The van der Waals surface area contributed by atoms with E-state index in [4.69, 9.17) is 0 Å². The second kappa shape index (κ2) is 7.36. The van der Waals surface area contributed by atoms with Crippen LogP contribution >= 0.6 is 0 Å². The molecule has 4 heterocycles. The molecule has 1 unspecified atom stereocenters. The van der Waals surface area contributed by atoms with Gasteiger partial charge in [-0.25, -0.2) is 10.0 Å². The van der Waals surface area contributed by atoms with Crippen molar-refractivity contribution in [2.45, 2.75) is 19.9 Å². The molecule has 0 bridgehead atoms. The van der Waals surface area contributed by atoms with Gasteiger partial charge in [-0.05, 0) is 24.3 Å². The van der Waals surface area contributed by atoms with E-state index in [-0.39, 0.29) is 24.0 Å². The molecule has 0 radical (unpaired) electrons. The van der Waals surface area contributed by atoms with Crippen LogP contribution in [0.4, 0.5) is 5.82 Å². The van der Waals surface area contributed by atoms with Crippen LogP contribution < -0.4 is 5.43 Å². The fourth-order valence-electron chi connectivity index (χ4n) is 4.57. The molecular weight excluding hydrogens is 404 g/mol. The maximum Gasteiger partial charge on any atom is 0.253 e. The minimum Gasteiger partial charge on any atom is -0.396 e. The largest absolute Gasteiger partial charge is 0.396 e. The van der Waals surface area contributed by atoms with Gasteiger partial charge < -0.3 is 25.4 Å². The SMILES string of the molecule is CN(CC(C)(C)CO)C(=O)c1ccc2[nH]cc(-c3cc4c([nH]3)N=CC3=CNN(C)C34)c2c1. The van der Waals surface area contributed by atoms with Gasteiger partial charge >= 0.3 is 0 Å². The molecule has 8 heteroatoms. The lowest BCUT2D eigenvalue weighted by atomic mass is 9.94. The van der Waals surface area contributed by atoms with Crippen LogP contribution in [0.2, 0.25) is 0 Å². The highest BCUT2D eigenvalue weighted by Gasteiger charge is 2.32. The summed E-state index contributed by atoms with van der Waals surface area (Å²) in [5.74, 6) is 0.787. The van der Waals surface area contributed by atoms with Gasteiger partial charge in [0.1, 0.15) is 5.82 Å². The van der Waals surface area contributed by atoms with Crippen molar-refractivity contribution in [3.05, 3.63) is 53.4 Å². The number of carbonyl (C=O) groups excluding carboxylic acids is 1. The second-order valence-corrected chi connectivity index (χ2v) is 9.48. The highest BCUT2D eigenvalue weighted by atomic mass is 16.3. The minimum atomic E-state index is -0.354. The predicted molar refractivity (Wildman–Crippen MR) is 126 cm³/mol. The number of aromatic amines is 2. The number of benzene rings is 1. The molecule has 0 spiro atoms.